The van der Waals surface area contributed by atoms with E-state index >= 15 is 0 Å². The Morgan fingerprint density at radius 2 is 1.83 bits per heavy atom. The van der Waals surface area contributed by atoms with Gasteiger partial charge in [-0.1, -0.05) is 65.5 Å². The highest BCUT2D eigenvalue weighted by atomic mass is 32.2. The number of rotatable bonds is 18. The minimum atomic E-state index is -0.451. The molecule has 2 amide bonds. The predicted molar refractivity (Wildman–Crippen MR) is 191 cm³/mol. The van der Waals surface area contributed by atoms with E-state index < -0.39 is 11.9 Å². The molecule has 9 heteroatoms. The standard InChI is InChI=1S/C38H65N3O5S/c1-25(2)8-7-9-26(3)30-12-13-31-29-11-10-27-22-28(14-17-37(27,4)32(29)15-18-38(30,31)5)46-35(43)16-20-45-21-19-41-34(42)24-47-23-33(40-6)36(39)44/h10,25-26,28-33,40H,7-9,11-24H2,1-6H3,(H2,39,44)(H,41,42)/t26-,28?,29?,30-,31?,32?,33?,37?,38?/m1/s1. The molecule has 3 fully saturated rings. The average molecular weight is 676 g/mol. The van der Waals surface area contributed by atoms with Crippen LogP contribution in [0.4, 0.5) is 0 Å². The van der Waals surface area contributed by atoms with Gasteiger partial charge in [-0.25, -0.2) is 0 Å². The molecule has 3 saturated carbocycles. The summed E-state index contributed by atoms with van der Waals surface area (Å²) in [4.78, 5) is 35.9. The Hall–Kier alpha value is -1.58. The number of carbonyl (C=O) groups excluding carboxylic acids is 3. The van der Waals surface area contributed by atoms with E-state index in [4.69, 9.17) is 15.2 Å². The Balaban J connectivity index is 1.16. The molecule has 0 aromatic heterocycles. The molecule has 0 aromatic carbocycles. The molecule has 0 saturated heterocycles. The van der Waals surface area contributed by atoms with Crippen LogP contribution in [-0.2, 0) is 23.9 Å². The Labute approximate surface area is 289 Å². The lowest BCUT2D eigenvalue weighted by atomic mass is 9.47. The number of amides is 2. The first kappa shape index (κ1) is 38.2. The van der Waals surface area contributed by atoms with Crippen molar-refractivity contribution in [1.29, 1.82) is 0 Å². The van der Waals surface area contributed by atoms with Crippen LogP contribution in [0, 0.1) is 46.3 Å². The topological polar surface area (TPSA) is 120 Å². The third kappa shape index (κ3) is 9.56. The van der Waals surface area contributed by atoms with E-state index in [9.17, 15) is 14.4 Å². The van der Waals surface area contributed by atoms with Crippen molar-refractivity contribution in [2.75, 3.05) is 38.3 Å². The molecular weight excluding hydrogens is 611 g/mol. The first-order valence-electron chi connectivity index (χ1n) is 18.7. The average Bonchev–Trinajstić information content (AvgIpc) is 3.38. The van der Waals surface area contributed by atoms with Crippen molar-refractivity contribution in [1.82, 2.24) is 10.6 Å². The van der Waals surface area contributed by atoms with Crippen molar-refractivity contribution in [3.63, 3.8) is 0 Å². The Morgan fingerprint density at radius 1 is 1.04 bits per heavy atom. The van der Waals surface area contributed by atoms with Gasteiger partial charge in [-0.05, 0) is 98.3 Å². The van der Waals surface area contributed by atoms with Gasteiger partial charge < -0.3 is 25.8 Å². The van der Waals surface area contributed by atoms with Crippen LogP contribution < -0.4 is 16.4 Å². The SMILES string of the molecule is CNC(CSCC(=O)NCCOCCC(=O)OC1CCC2(C)C(=CCC3C2CCC2(C)C3CC[C@@H]2[C@H](C)CCCC(C)C)C1)C(N)=O. The molecule has 0 spiro atoms. The number of carbonyl (C=O) groups is 3. The summed E-state index contributed by atoms with van der Waals surface area (Å²) in [5, 5.41) is 5.63. The van der Waals surface area contributed by atoms with Crippen LogP contribution in [0.5, 0.6) is 0 Å². The molecule has 0 aliphatic heterocycles. The highest BCUT2D eigenvalue weighted by molar-refractivity contribution is 8.00. The first-order valence-corrected chi connectivity index (χ1v) is 19.8. The molecule has 9 atom stereocenters. The van der Waals surface area contributed by atoms with E-state index in [2.05, 4.69) is 51.3 Å². The van der Waals surface area contributed by atoms with Crippen LogP contribution in [-0.4, -0.2) is 68.2 Å². The second kappa shape index (κ2) is 17.4. The molecule has 0 heterocycles. The second-order valence-corrected chi connectivity index (χ2v) is 17.1. The number of hydrogen-bond acceptors (Lipinski definition) is 7. The van der Waals surface area contributed by atoms with Gasteiger partial charge in [0.05, 0.1) is 31.4 Å². The van der Waals surface area contributed by atoms with E-state index in [0.29, 0.717) is 24.3 Å². The van der Waals surface area contributed by atoms with Crippen LogP contribution in [0.15, 0.2) is 11.6 Å². The highest BCUT2D eigenvalue weighted by Gasteiger charge is 2.59. The first-order chi connectivity index (χ1) is 22.4. The van der Waals surface area contributed by atoms with Crippen molar-refractivity contribution in [3.8, 4) is 0 Å². The summed E-state index contributed by atoms with van der Waals surface area (Å²) in [6.07, 6.45) is 16.6. The van der Waals surface area contributed by atoms with E-state index in [1.807, 2.05) is 0 Å². The number of thioether (sulfide) groups is 1. The molecule has 47 heavy (non-hydrogen) atoms. The fraction of sp³-hybridized carbons (Fsp3) is 0.868. The molecular formula is C38H65N3O5S. The number of nitrogens with two attached hydrogens (primary N) is 1. The maximum atomic E-state index is 12.7. The van der Waals surface area contributed by atoms with Crippen molar-refractivity contribution in [2.45, 2.75) is 124 Å². The smallest absolute Gasteiger partial charge is 0.308 e. The molecule has 4 N–H and O–H groups in total. The van der Waals surface area contributed by atoms with E-state index in [0.717, 1.165) is 54.8 Å². The minimum absolute atomic E-state index is 0.0383. The summed E-state index contributed by atoms with van der Waals surface area (Å²) in [6, 6.07) is -0.451. The molecule has 7 unspecified atom stereocenters. The van der Waals surface area contributed by atoms with Crippen molar-refractivity contribution >= 4 is 29.5 Å². The number of fused-ring (bicyclic) bond motifs is 5. The van der Waals surface area contributed by atoms with Gasteiger partial charge in [0, 0.05) is 18.7 Å². The van der Waals surface area contributed by atoms with E-state index in [1.54, 1.807) is 12.6 Å². The lowest BCUT2D eigenvalue weighted by Gasteiger charge is -2.58. The van der Waals surface area contributed by atoms with Crippen molar-refractivity contribution in [3.05, 3.63) is 11.6 Å². The number of ether oxygens (including phenoxy) is 2. The molecule has 268 valence electrons. The largest absolute Gasteiger partial charge is 0.462 e. The van der Waals surface area contributed by atoms with Gasteiger partial charge in [0.25, 0.3) is 0 Å². The summed E-state index contributed by atoms with van der Waals surface area (Å²) in [5.41, 5.74) is 7.59. The molecule has 0 radical (unpaired) electrons. The summed E-state index contributed by atoms with van der Waals surface area (Å²) in [6.45, 7) is 13.4. The maximum Gasteiger partial charge on any atom is 0.308 e. The van der Waals surface area contributed by atoms with Crippen molar-refractivity contribution in [2.24, 2.45) is 52.1 Å². The molecule has 4 aliphatic carbocycles. The van der Waals surface area contributed by atoms with Crippen LogP contribution in [0.2, 0.25) is 0 Å². The zero-order chi connectivity index (χ0) is 34.2. The number of esters is 1. The Kier molecular flexibility index (Phi) is 14.1. The minimum Gasteiger partial charge on any atom is -0.462 e. The van der Waals surface area contributed by atoms with Crippen LogP contribution >= 0.6 is 11.8 Å². The van der Waals surface area contributed by atoms with Crippen LogP contribution in [0.25, 0.3) is 0 Å². The number of hydrogen-bond donors (Lipinski definition) is 3. The number of nitrogens with one attached hydrogen (secondary N) is 2. The lowest BCUT2D eigenvalue weighted by Crippen LogP contribution is -2.51. The zero-order valence-electron chi connectivity index (χ0n) is 30.2. The van der Waals surface area contributed by atoms with Gasteiger partial charge in [0.15, 0.2) is 0 Å². The van der Waals surface area contributed by atoms with Gasteiger partial charge in [0.2, 0.25) is 11.8 Å². The Bertz CT molecular complexity index is 1100. The van der Waals surface area contributed by atoms with Gasteiger partial charge in [0.1, 0.15) is 6.10 Å². The number of likely N-dealkylation sites (N-methyl/N-ethyl adjacent to an activating group) is 1. The molecule has 4 aliphatic rings. The molecule has 8 nitrogen and oxygen atoms in total. The predicted octanol–water partition coefficient (Wildman–Crippen LogP) is 6.27. The van der Waals surface area contributed by atoms with Crippen LogP contribution in [0.3, 0.4) is 0 Å². The van der Waals surface area contributed by atoms with Gasteiger partial charge >= 0.3 is 5.97 Å². The number of primary amides is 1. The monoisotopic (exact) mass is 675 g/mol. The normalized spacial score (nSPS) is 32.8. The van der Waals surface area contributed by atoms with E-state index in [-0.39, 0.29) is 42.2 Å². The van der Waals surface area contributed by atoms with Gasteiger partial charge in [-0.3, -0.25) is 14.4 Å². The summed E-state index contributed by atoms with van der Waals surface area (Å²) in [5.74, 6) is 4.89. The summed E-state index contributed by atoms with van der Waals surface area (Å²) < 4.78 is 11.5. The summed E-state index contributed by atoms with van der Waals surface area (Å²) >= 11 is 1.35. The fourth-order valence-corrected chi connectivity index (χ4v) is 11.1. The van der Waals surface area contributed by atoms with Gasteiger partial charge in [-0.15, -0.1) is 11.8 Å². The fourth-order valence-electron chi connectivity index (χ4n) is 10.1. The molecule has 0 bridgehead atoms. The highest BCUT2D eigenvalue weighted by Crippen LogP contribution is 2.67. The zero-order valence-corrected chi connectivity index (χ0v) is 31.1. The third-order valence-corrected chi connectivity index (χ3v) is 13.8. The maximum absolute atomic E-state index is 12.7. The Morgan fingerprint density at radius 3 is 2.55 bits per heavy atom. The van der Waals surface area contributed by atoms with Gasteiger partial charge in [-0.2, -0.15) is 0 Å². The quantitative estimate of drug-likeness (QED) is 0.0890. The van der Waals surface area contributed by atoms with E-state index in [1.165, 1.54) is 63.1 Å². The number of allylic oxidation sites excluding steroid dienone is 1. The lowest BCUT2D eigenvalue weighted by molar-refractivity contribution is -0.152. The van der Waals surface area contributed by atoms with Crippen LogP contribution in [0.1, 0.15) is 112 Å². The summed E-state index contributed by atoms with van der Waals surface area (Å²) in [7, 11) is 1.67. The molecule has 4 rings (SSSR count). The third-order valence-electron chi connectivity index (χ3n) is 12.8. The van der Waals surface area contributed by atoms with Crippen molar-refractivity contribution < 1.29 is 23.9 Å². The molecule has 0 aromatic rings. The second-order valence-electron chi connectivity index (χ2n) is 16.1.